The van der Waals surface area contributed by atoms with Gasteiger partial charge in [-0.05, 0) is 44.9 Å². The summed E-state index contributed by atoms with van der Waals surface area (Å²) in [6.07, 6.45) is 3.12. The number of piperidine rings is 1. The molecule has 0 N–H and O–H groups in total. The first-order valence-corrected chi connectivity index (χ1v) is 8.28. The normalized spacial score (nSPS) is 28.8. The van der Waals surface area contributed by atoms with E-state index in [1.807, 2.05) is 11.8 Å². The lowest BCUT2D eigenvalue weighted by Gasteiger charge is -2.40. The maximum atomic E-state index is 12.8. The van der Waals surface area contributed by atoms with Gasteiger partial charge >= 0.3 is 0 Å². The zero-order valence-corrected chi connectivity index (χ0v) is 14.0. The standard InChI is InChI=1S/C17H26N2O3/c1-11(2)14-8-17(21-9-14)6-5-7-19(10-17)16(20)15-12(3)18-22-13(15)4/h11,14H,5-10H2,1-4H3/t14-,17-/m0/s1. The van der Waals surface area contributed by atoms with Crippen molar-refractivity contribution in [3.05, 3.63) is 17.0 Å². The molecule has 3 rings (SSSR count). The van der Waals surface area contributed by atoms with Crippen LogP contribution in [0.2, 0.25) is 0 Å². The Hall–Kier alpha value is -1.36. The molecule has 0 aliphatic carbocycles. The van der Waals surface area contributed by atoms with Crippen LogP contribution in [0.25, 0.3) is 0 Å². The van der Waals surface area contributed by atoms with Crippen LogP contribution in [-0.4, -0.2) is 41.3 Å². The summed E-state index contributed by atoms with van der Waals surface area (Å²) in [5, 5.41) is 3.90. The highest BCUT2D eigenvalue weighted by atomic mass is 16.5. The van der Waals surface area contributed by atoms with Gasteiger partial charge < -0.3 is 14.2 Å². The molecule has 2 saturated heterocycles. The average Bonchev–Trinajstić information content (AvgIpc) is 3.03. The van der Waals surface area contributed by atoms with Gasteiger partial charge in [0.2, 0.25) is 0 Å². The van der Waals surface area contributed by atoms with Gasteiger partial charge in [-0.3, -0.25) is 4.79 Å². The number of nitrogens with zero attached hydrogens (tertiary/aromatic N) is 2. The number of rotatable bonds is 2. The molecular weight excluding hydrogens is 280 g/mol. The second kappa shape index (κ2) is 5.69. The minimum absolute atomic E-state index is 0.0342. The predicted molar refractivity (Wildman–Crippen MR) is 82.7 cm³/mol. The van der Waals surface area contributed by atoms with Gasteiger partial charge in [0.25, 0.3) is 5.91 Å². The predicted octanol–water partition coefficient (Wildman–Crippen LogP) is 2.96. The number of amides is 1. The summed E-state index contributed by atoms with van der Waals surface area (Å²) in [5.41, 5.74) is 1.16. The Morgan fingerprint density at radius 2 is 2.18 bits per heavy atom. The summed E-state index contributed by atoms with van der Waals surface area (Å²) in [7, 11) is 0. The largest absolute Gasteiger partial charge is 0.373 e. The number of carbonyl (C=O) groups excluding carboxylic acids is 1. The molecule has 0 aromatic carbocycles. The fraction of sp³-hybridized carbons (Fsp3) is 0.765. The van der Waals surface area contributed by atoms with Gasteiger partial charge in [0.05, 0.1) is 17.9 Å². The van der Waals surface area contributed by atoms with Crippen molar-refractivity contribution in [2.45, 2.75) is 52.6 Å². The van der Waals surface area contributed by atoms with Crippen molar-refractivity contribution in [1.29, 1.82) is 0 Å². The molecule has 5 heteroatoms. The fourth-order valence-corrected chi connectivity index (χ4v) is 3.81. The van der Waals surface area contributed by atoms with Gasteiger partial charge in [0.15, 0.2) is 0 Å². The Labute approximate surface area is 132 Å². The van der Waals surface area contributed by atoms with Gasteiger partial charge in [0.1, 0.15) is 11.3 Å². The molecule has 5 nitrogen and oxygen atoms in total. The van der Waals surface area contributed by atoms with Gasteiger partial charge in [-0.25, -0.2) is 0 Å². The summed E-state index contributed by atoms with van der Waals surface area (Å²) < 4.78 is 11.3. The smallest absolute Gasteiger partial charge is 0.259 e. The van der Waals surface area contributed by atoms with E-state index in [1.165, 1.54) is 0 Å². The lowest BCUT2D eigenvalue weighted by molar-refractivity contribution is -0.0451. The molecule has 0 unspecified atom stereocenters. The van der Waals surface area contributed by atoms with Gasteiger partial charge in [-0.2, -0.15) is 0 Å². The van der Waals surface area contributed by atoms with Crippen LogP contribution in [0, 0.1) is 25.7 Å². The third-order valence-electron chi connectivity index (χ3n) is 5.25. The SMILES string of the molecule is Cc1noc(C)c1C(=O)N1CCC[C@]2(C[C@H](C(C)C)CO2)C1. The quantitative estimate of drug-likeness (QED) is 0.843. The number of aromatic nitrogens is 1. The third-order valence-corrected chi connectivity index (χ3v) is 5.25. The number of hydrogen-bond donors (Lipinski definition) is 0. The van der Waals surface area contributed by atoms with Crippen LogP contribution < -0.4 is 0 Å². The summed E-state index contributed by atoms with van der Waals surface area (Å²) in [6, 6.07) is 0. The second-order valence-corrected chi connectivity index (χ2v) is 7.23. The molecule has 2 aliphatic rings. The summed E-state index contributed by atoms with van der Waals surface area (Å²) >= 11 is 0. The van der Waals surface area contributed by atoms with Crippen molar-refractivity contribution in [1.82, 2.24) is 10.1 Å². The van der Waals surface area contributed by atoms with Crippen molar-refractivity contribution >= 4 is 5.91 Å². The molecule has 1 aromatic heterocycles. The fourth-order valence-electron chi connectivity index (χ4n) is 3.81. The molecule has 2 aliphatic heterocycles. The molecule has 122 valence electrons. The van der Waals surface area contributed by atoms with Gasteiger partial charge in [0, 0.05) is 13.1 Å². The molecule has 1 spiro atoms. The van der Waals surface area contributed by atoms with E-state index in [-0.39, 0.29) is 11.5 Å². The average molecular weight is 306 g/mol. The minimum atomic E-state index is -0.137. The van der Waals surface area contributed by atoms with E-state index in [4.69, 9.17) is 9.26 Å². The monoisotopic (exact) mass is 306 g/mol. The van der Waals surface area contributed by atoms with Crippen LogP contribution in [-0.2, 0) is 4.74 Å². The molecule has 2 atom stereocenters. The topological polar surface area (TPSA) is 55.6 Å². The van der Waals surface area contributed by atoms with Crippen molar-refractivity contribution in [3.63, 3.8) is 0 Å². The number of hydrogen-bond acceptors (Lipinski definition) is 4. The summed E-state index contributed by atoms with van der Waals surface area (Å²) in [4.78, 5) is 14.8. The number of likely N-dealkylation sites (tertiary alicyclic amines) is 1. The third kappa shape index (κ3) is 2.67. The number of aryl methyl sites for hydroxylation is 2. The van der Waals surface area contributed by atoms with E-state index < -0.39 is 0 Å². The minimum Gasteiger partial charge on any atom is -0.373 e. The van der Waals surface area contributed by atoms with Crippen molar-refractivity contribution in [2.75, 3.05) is 19.7 Å². The Kier molecular flexibility index (Phi) is 4.02. The molecule has 0 radical (unpaired) electrons. The molecule has 22 heavy (non-hydrogen) atoms. The van der Waals surface area contributed by atoms with E-state index in [2.05, 4.69) is 19.0 Å². The molecule has 3 heterocycles. The lowest BCUT2D eigenvalue weighted by atomic mass is 9.82. The van der Waals surface area contributed by atoms with E-state index in [0.717, 1.165) is 32.4 Å². The molecule has 1 amide bonds. The van der Waals surface area contributed by atoms with Gasteiger partial charge in [-0.15, -0.1) is 0 Å². The zero-order chi connectivity index (χ0) is 15.9. The Morgan fingerprint density at radius 3 is 2.77 bits per heavy atom. The van der Waals surface area contributed by atoms with Crippen LogP contribution in [0.3, 0.4) is 0 Å². The van der Waals surface area contributed by atoms with E-state index >= 15 is 0 Å². The van der Waals surface area contributed by atoms with Gasteiger partial charge in [-0.1, -0.05) is 19.0 Å². The highest BCUT2D eigenvalue weighted by Crippen LogP contribution is 2.40. The van der Waals surface area contributed by atoms with Crippen molar-refractivity contribution in [2.24, 2.45) is 11.8 Å². The lowest BCUT2D eigenvalue weighted by Crippen LogP contribution is -2.50. The van der Waals surface area contributed by atoms with E-state index in [0.29, 0.717) is 35.4 Å². The number of carbonyl (C=O) groups is 1. The van der Waals surface area contributed by atoms with E-state index in [9.17, 15) is 4.79 Å². The van der Waals surface area contributed by atoms with Crippen LogP contribution in [0.4, 0.5) is 0 Å². The van der Waals surface area contributed by atoms with Crippen molar-refractivity contribution < 1.29 is 14.1 Å². The molecule has 2 fully saturated rings. The summed E-state index contributed by atoms with van der Waals surface area (Å²) in [5.74, 6) is 1.88. The van der Waals surface area contributed by atoms with Crippen LogP contribution in [0.5, 0.6) is 0 Å². The molecule has 0 saturated carbocycles. The Balaban J connectivity index is 1.75. The molecule has 0 bridgehead atoms. The number of ether oxygens (including phenoxy) is 1. The Morgan fingerprint density at radius 1 is 1.41 bits per heavy atom. The summed E-state index contributed by atoms with van der Waals surface area (Å²) in [6.45, 7) is 10.4. The highest BCUT2D eigenvalue weighted by Gasteiger charge is 2.45. The van der Waals surface area contributed by atoms with Crippen LogP contribution in [0.15, 0.2) is 4.52 Å². The molecule has 1 aromatic rings. The van der Waals surface area contributed by atoms with Crippen LogP contribution >= 0.6 is 0 Å². The maximum Gasteiger partial charge on any atom is 0.259 e. The Bertz CT molecular complexity index is 547. The van der Waals surface area contributed by atoms with Crippen LogP contribution in [0.1, 0.15) is 54.9 Å². The molecular formula is C17H26N2O3. The zero-order valence-electron chi connectivity index (χ0n) is 14.0. The highest BCUT2D eigenvalue weighted by molar-refractivity contribution is 5.96. The first kappa shape index (κ1) is 15.5. The maximum absolute atomic E-state index is 12.8. The second-order valence-electron chi connectivity index (χ2n) is 7.23. The first-order chi connectivity index (χ1) is 10.4. The first-order valence-electron chi connectivity index (χ1n) is 8.28. The van der Waals surface area contributed by atoms with E-state index in [1.54, 1.807) is 6.92 Å². The van der Waals surface area contributed by atoms with Crippen molar-refractivity contribution in [3.8, 4) is 0 Å².